The number of hydrogen-bond donors (Lipinski definition) is 1. The number of furan rings is 1. The molecule has 3 unspecified atom stereocenters. The van der Waals surface area contributed by atoms with Crippen molar-refractivity contribution >= 4 is 46.3 Å². The first-order chi connectivity index (χ1) is 15.9. The highest BCUT2D eigenvalue weighted by Crippen LogP contribution is 2.49. The predicted molar refractivity (Wildman–Crippen MR) is 128 cm³/mol. The zero-order valence-electron chi connectivity index (χ0n) is 18.0. The molecule has 3 aliphatic rings. The molecule has 1 N–H and O–H groups in total. The first-order valence-corrected chi connectivity index (χ1v) is 12.0. The Hall–Kier alpha value is -2.78. The van der Waals surface area contributed by atoms with Crippen LogP contribution in [0.1, 0.15) is 31.4 Å². The number of rotatable bonds is 7. The summed E-state index contributed by atoms with van der Waals surface area (Å²) in [5, 5.41) is 8.86. The lowest BCUT2D eigenvalue weighted by Crippen LogP contribution is -2.41. The molecule has 1 aliphatic heterocycles. The number of carbonyl (C=O) groups excluding carboxylic acids is 1. The van der Waals surface area contributed by atoms with Crippen molar-refractivity contribution in [2.75, 3.05) is 13.7 Å². The van der Waals surface area contributed by atoms with Crippen LogP contribution in [0.25, 0.3) is 17.4 Å². The van der Waals surface area contributed by atoms with E-state index in [1.165, 1.54) is 38.1 Å². The Morgan fingerprint density at radius 2 is 2.09 bits per heavy atom. The van der Waals surface area contributed by atoms with Crippen LogP contribution in [0.5, 0.6) is 11.5 Å². The van der Waals surface area contributed by atoms with Crippen molar-refractivity contribution < 1.29 is 28.6 Å². The van der Waals surface area contributed by atoms with Gasteiger partial charge in [0.1, 0.15) is 27.3 Å². The molecule has 9 heteroatoms. The van der Waals surface area contributed by atoms with E-state index in [0.29, 0.717) is 43.7 Å². The molecule has 33 heavy (non-hydrogen) atoms. The summed E-state index contributed by atoms with van der Waals surface area (Å²) in [6.45, 7) is -0.458. The average molecular weight is 486 g/mol. The summed E-state index contributed by atoms with van der Waals surface area (Å²) in [5.74, 6) is 2.15. The second-order valence-electron chi connectivity index (χ2n) is 8.58. The van der Waals surface area contributed by atoms with Gasteiger partial charge in [-0.25, -0.2) is 4.79 Å². The van der Waals surface area contributed by atoms with E-state index in [2.05, 4.69) is 0 Å². The van der Waals surface area contributed by atoms with Gasteiger partial charge in [-0.05, 0) is 55.4 Å². The number of hydrogen-bond acceptors (Lipinski definition) is 7. The quantitative estimate of drug-likeness (QED) is 0.442. The number of fused-ring (bicyclic) bond motifs is 2. The number of amides is 1. The van der Waals surface area contributed by atoms with Crippen molar-refractivity contribution in [2.45, 2.75) is 31.7 Å². The normalized spacial score (nSPS) is 25.3. The molecule has 0 spiro atoms. The fourth-order valence-corrected chi connectivity index (χ4v) is 6.42. The van der Waals surface area contributed by atoms with E-state index >= 15 is 0 Å². The Kier molecular flexibility index (Phi) is 5.92. The molecule has 7 nitrogen and oxygen atoms in total. The lowest BCUT2D eigenvalue weighted by molar-refractivity contribution is -0.139. The summed E-state index contributed by atoms with van der Waals surface area (Å²) in [4.78, 5) is 26.4. The molecule has 1 saturated heterocycles. The van der Waals surface area contributed by atoms with E-state index in [9.17, 15) is 9.59 Å². The van der Waals surface area contributed by atoms with E-state index in [0.717, 1.165) is 12.3 Å². The first-order valence-electron chi connectivity index (χ1n) is 10.8. The molecule has 5 rings (SSSR count). The summed E-state index contributed by atoms with van der Waals surface area (Å²) in [6, 6.07) is 8.87. The number of ether oxygens (including phenoxy) is 2. The van der Waals surface area contributed by atoms with Crippen molar-refractivity contribution in [3.05, 3.63) is 41.0 Å². The first kappa shape index (κ1) is 22.0. The number of carboxylic acid groups (broad SMARTS) is 1. The Labute approximate surface area is 200 Å². The monoisotopic (exact) mass is 485 g/mol. The lowest BCUT2D eigenvalue weighted by atomic mass is 9.94. The van der Waals surface area contributed by atoms with Crippen molar-refractivity contribution in [1.29, 1.82) is 0 Å². The van der Waals surface area contributed by atoms with Gasteiger partial charge in [0, 0.05) is 23.7 Å². The van der Waals surface area contributed by atoms with Gasteiger partial charge in [-0.15, -0.1) is 0 Å². The summed E-state index contributed by atoms with van der Waals surface area (Å²) in [5.41, 5.74) is 0.670. The van der Waals surface area contributed by atoms with Crippen LogP contribution in [0.2, 0.25) is 0 Å². The molecule has 1 aromatic heterocycles. The number of aliphatic carboxylic acids is 1. The zero-order chi connectivity index (χ0) is 23.1. The largest absolute Gasteiger partial charge is 0.497 e. The third kappa shape index (κ3) is 4.39. The zero-order valence-corrected chi connectivity index (χ0v) is 19.6. The van der Waals surface area contributed by atoms with Gasteiger partial charge in [0.25, 0.3) is 5.91 Å². The summed E-state index contributed by atoms with van der Waals surface area (Å²) >= 11 is 6.88. The van der Waals surface area contributed by atoms with Gasteiger partial charge < -0.3 is 19.0 Å². The Morgan fingerprint density at radius 1 is 1.27 bits per heavy atom. The van der Waals surface area contributed by atoms with Gasteiger partial charge in [-0.2, -0.15) is 0 Å². The fourth-order valence-electron chi connectivity index (χ4n) is 5.07. The van der Waals surface area contributed by atoms with E-state index in [-0.39, 0.29) is 11.9 Å². The molecule has 2 bridgehead atoms. The minimum atomic E-state index is -1.07. The van der Waals surface area contributed by atoms with Gasteiger partial charge in [0.15, 0.2) is 6.61 Å². The smallest absolute Gasteiger partial charge is 0.341 e. The lowest BCUT2D eigenvalue weighted by Gasteiger charge is -2.30. The molecular weight excluding hydrogens is 462 g/mol. The third-order valence-corrected chi connectivity index (χ3v) is 7.85. The van der Waals surface area contributed by atoms with Crippen LogP contribution in [0.15, 0.2) is 39.7 Å². The average Bonchev–Trinajstić information content (AvgIpc) is 3.58. The second kappa shape index (κ2) is 8.87. The molecule has 2 aromatic rings. The van der Waals surface area contributed by atoms with Crippen LogP contribution in [0, 0.1) is 11.8 Å². The number of nitrogens with zero attached hydrogens (tertiary/aromatic N) is 1. The number of thioether (sulfide) groups is 1. The fraction of sp³-hybridized carbons (Fsp3) is 0.375. The van der Waals surface area contributed by atoms with Gasteiger partial charge in [0.2, 0.25) is 0 Å². The maximum atomic E-state index is 13.1. The van der Waals surface area contributed by atoms with Gasteiger partial charge in [-0.1, -0.05) is 30.4 Å². The van der Waals surface area contributed by atoms with Crippen LogP contribution in [0.3, 0.4) is 0 Å². The number of carbonyl (C=O) groups is 2. The van der Waals surface area contributed by atoms with E-state index in [1.54, 1.807) is 36.4 Å². The minimum absolute atomic E-state index is 0.0359. The van der Waals surface area contributed by atoms with Gasteiger partial charge in [-0.3, -0.25) is 9.69 Å². The second-order valence-corrected chi connectivity index (χ2v) is 10.3. The molecule has 3 fully saturated rings. The van der Waals surface area contributed by atoms with Gasteiger partial charge >= 0.3 is 5.97 Å². The summed E-state index contributed by atoms with van der Waals surface area (Å²) in [6.07, 6.45) is 6.45. The number of benzene rings is 1. The Balaban J connectivity index is 1.36. The van der Waals surface area contributed by atoms with Crippen LogP contribution in [-0.4, -0.2) is 46.0 Å². The van der Waals surface area contributed by atoms with Crippen molar-refractivity contribution in [3.63, 3.8) is 0 Å². The topological polar surface area (TPSA) is 89.2 Å². The highest BCUT2D eigenvalue weighted by Gasteiger charge is 2.48. The standard InChI is InChI=1S/C24H23NO6S2/c1-29-17-8-15(9-18(10-17)30-12-22(26)27)20-5-4-16(31-20)11-21-23(28)25(24(32)33-21)19-7-13-2-3-14(19)6-13/h4-5,8-11,13-14,19H,2-3,6-7,12H2,1H3,(H,26,27)/b21-11-. The van der Waals surface area contributed by atoms with E-state index in [4.69, 9.17) is 31.2 Å². The Bertz CT molecular complexity index is 1160. The molecule has 2 aliphatic carbocycles. The maximum absolute atomic E-state index is 13.1. The maximum Gasteiger partial charge on any atom is 0.341 e. The van der Waals surface area contributed by atoms with Crippen molar-refractivity contribution in [2.24, 2.45) is 11.8 Å². The SMILES string of the molecule is COc1cc(OCC(=O)O)cc(-c2ccc(/C=C3\SC(=S)N(C4CC5CCC4C5)C3=O)o2)c1. The number of carboxylic acids is 1. The Morgan fingerprint density at radius 3 is 2.79 bits per heavy atom. The van der Waals surface area contributed by atoms with E-state index in [1.807, 2.05) is 4.90 Å². The molecule has 1 amide bonds. The van der Waals surface area contributed by atoms with Crippen molar-refractivity contribution in [1.82, 2.24) is 4.90 Å². The van der Waals surface area contributed by atoms with Crippen LogP contribution >= 0.6 is 24.0 Å². The van der Waals surface area contributed by atoms with E-state index < -0.39 is 12.6 Å². The minimum Gasteiger partial charge on any atom is -0.497 e. The molecule has 2 heterocycles. The summed E-state index contributed by atoms with van der Waals surface area (Å²) in [7, 11) is 1.52. The molecule has 1 aromatic carbocycles. The highest BCUT2D eigenvalue weighted by molar-refractivity contribution is 8.26. The summed E-state index contributed by atoms with van der Waals surface area (Å²) < 4.78 is 17.2. The van der Waals surface area contributed by atoms with Gasteiger partial charge in [0.05, 0.1) is 12.0 Å². The van der Waals surface area contributed by atoms with Crippen LogP contribution < -0.4 is 9.47 Å². The molecular formula is C24H23NO6S2. The molecule has 3 atom stereocenters. The number of thiocarbonyl (C=S) groups is 1. The van der Waals surface area contributed by atoms with Crippen LogP contribution in [0.4, 0.5) is 0 Å². The van der Waals surface area contributed by atoms with Crippen LogP contribution in [-0.2, 0) is 9.59 Å². The third-order valence-electron chi connectivity index (χ3n) is 6.52. The molecule has 172 valence electrons. The molecule has 2 saturated carbocycles. The highest BCUT2D eigenvalue weighted by atomic mass is 32.2. The molecule has 0 radical (unpaired) electrons. The van der Waals surface area contributed by atoms with Crippen molar-refractivity contribution in [3.8, 4) is 22.8 Å². The predicted octanol–water partition coefficient (Wildman–Crippen LogP) is 4.81. The number of methoxy groups -OCH3 is 1.